The second-order valence-corrected chi connectivity index (χ2v) is 10.4. The minimum Gasteiger partial charge on any atom is -0.545 e. The topological polar surface area (TPSA) is 136 Å². The molecule has 42 heavy (non-hydrogen) atoms. The summed E-state index contributed by atoms with van der Waals surface area (Å²) >= 11 is 0. The standard InChI is InChI=1S/2C12H13N.C12H8O4/c2*1-9(13)11-7-6-10-4-2-3-5-12(10)8-11;13-11(14)9-3-1-7-5-10(12(15)16)4-2-8(7)6-9/h2*2-9H,13H2,1H3;1-6H,(H,13,14)(H,15,16)/t2*9-;/m10./s1. The van der Waals surface area contributed by atoms with Gasteiger partial charge < -0.3 is 31.3 Å². The van der Waals surface area contributed by atoms with Crippen LogP contribution in [0, 0.1) is 0 Å². The first kappa shape index (κ1) is 29.9. The van der Waals surface area contributed by atoms with Gasteiger partial charge in [0.1, 0.15) is 12.1 Å². The third-order valence-electron chi connectivity index (χ3n) is 7.00. The van der Waals surface area contributed by atoms with Gasteiger partial charge in [-0.3, -0.25) is 0 Å². The summed E-state index contributed by atoms with van der Waals surface area (Å²) in [5.74, 6) is -2.52. The molecule has 0 bridgehead atoms. The van der Waals surface area contributed by atoms with Crippen molar-refractivity contribution in [2.75, 3.05) is 0 Å². The maximum Gasteiger partial charge on any atom is 0.107 e. The monoisotopic (exact) mass is 558 g/mol. The molecule has 0 radical (unpaired) electrons. The van der Waals surface area contributed by atoms with Crippen LogP contribution in [0.5, 0.6) is 0 Å². The molecule has 0 amide bonds. The highest BCUT2D eigenvalue weighted by Gasteiger charge is 2.03. The Morgan fingerprint density at radius 2 is 0.786 bits per heavy atom. The number of benzene rings is 6. The lowest BCUT2D eigenvalue weighted by Crippen LogP contribution is -2.51. The van der Waals surface area contributed by atoms with Gasteiger partial charge in [0.25, 0.3) is 0 Å². The molecule has 0 saturated carbocycles. The number of quaternary nitrogens is 2. The number of hydrogen-bond acceptors (Lipinski definition) is 4. The Labute approximate surface area is 244 Å². The Hall–Kier alpha value is -5.04. The van der Waals surface area contributed by atoms with Gasteiger partial charge in [0.05, 0.1) is 11.9 Å². The van der Waals surface area contributed by atoms with E-state index in [1.807, 2.05) is 0 Å². The summed E-state index contributed by atoms with van der Waals surface area (Å²) in [7, 11) is 0. The van der Waals surface area contributed by atoms with E-state index in [4.69, 9.17) is 0 Å². The van der Waals surface area contributed by atoms with E-state index in [2.05, 4.69) is 110 Å². The van der Waals surface area contributed by atoms with Crippen molar-refractivity contribution in [1.29, 1.82) is 0 Å². The second-order valence-electron chi connectivity index (χ2n) is 10.4. The molecular formula is C36H34N2O4. The molecule has 0 saturated heterocycles. The molecule has 6 aromatic carbocycles. The summed E-state index contributed by atoms with van der Waals surface area (Å²) in [4.78, 5) is 21.2. The fourth-order valence-electron chi connectivity index (χ4n) is 4.53. The third kappa shape index (κ3) is 7.57. The molecule has 0 aliphatic heterocycles. The van der Waals surface area contributed by atoms with Crippen molar-refractivity contribution in [1.82, 2.24) is 0 Å². The van der Waals surface area contributed by atoms with E-state index in [1.54, 1.807) is 0 Å². The third-order valence-corrected chi connectivity index (χ3v) is 7.00. The SMILES string of the molecule is C[C@@H]([NH3+])c1ccc2ccccc2c1.C[C@H]([NH3+])c1ccc2ccccc2c1.O=C([O-])c1ccc2cc(C(=O)[O-])ccc2c1. The van der Waals surface area contributed by atoms with Gasteiger partial charge in [-0.25, -0.2) is 0 Å². The molecule has 0 aliphatic carbocycles. The van der Waals surface area contributed by atoms with Crippen LogP contribution in [0.25, 0.3) is 32.3 Å². The number of carbonyl (C=O) groups excluding carboxylic acids is 2. The van der Waals surface area contributed by atoms with E-state index in [1.165, 1.54) is 69.1 Å². The molecule has 212 valence electrons. The molecule has 6 nitrogen and oxygen atoms in total. The van der Waals surface area contributed by atoms with Crippen molar-refractivity contribution in [3.8, 4) is 0 Å². The quantitative estimate of drug-likeness (QED) is 0.340. The van der Waals surface area contributed by atoms with Crippen molar-refractivity contribution in [2.24, 2.45) is 0 Å². The van der Waals surface area contributed by atoms with E-state index < -0.39 is 11.9 Å². The molecule has 0 heterocycles. The van der Waals surface area contributed by atoms with Crippen LogP contribution in [0.4, 0.5) is 0 Å². The predicted molar refractivity (Wildman–Crippen MR) is 163 cm³/mol. The maximum absolute atomic E-state index is 10.6. The lowest BCUT2D eigenvalue weighted by molar-refractivity contribution is -0.420. The minimum atomic E-state index is -1.26. The highest BCUT2D eigenvalue weighted by molar-refractivity contribution is 5.97. The summed E-state index contributed by atoms with van der Waals surface area (Å²) in [6, 6.07) is 39.3. The predicted octanol–water partition coefficient (Wildman–Crippen LogP) is 3.85. The Balaban J connectivity index is 0.000000146. The Bertz CT molecular complexity index is 1720. The van der Waals surface area contributed by atoms with Crippen LogP contribution >= 0.6 is 0 Å². The molecule has 6 heteroatoms. The van der Waals surface area contributed by atoms with Crippen molar-refractivity contribution in [2.45, 2.75) is 25.9 Å². The van der Waals surface area contributed by atoms with Crippen LogP contribution in [-0.4, -0.2) is 11.9 Å². The van der Waals surface area contributed by atoms with Crippen LogP contribution < -0.4 is 21.7 Å². The normalized spacial score (nSPS) is 12.0. The molecule has 6 N–H and O–H groups in total. The highest BCUT2D eigenvalue weighted by Crippen LogP contribution is 2.20. The molecule has 2 atom stereocenters. The van der Waals surface area contributed by atoms with Crippen molar-refractivity contribution in [3.05, 3.63) is 144 Å². The lowest BCUT2D eigenvalue weighted by atomic mass is 10.0. The number of hydrogen-bond donors (Lipinski definition) is 2. The summed E-state index contributed by atoms with van der Waals surface area (Å²) in [5, 5.41) is 27.7. The van der Waals surface area contributed by atoms with Crippen molar-refractivity contribution >= 4 is 44.3 Å². The molecule has 0 aliphatic rings. The summed E-state index contributed by atoms with van der Waals surface area (Å²) in [6.45, 7) is 4.23. The average Bonchev–Trinajstić information content (AvgIpc) is 3.00. The molecular weight excluding hydrogens is 524 g/mol. The zero-order chi connectivity index (χ0) is 30.2. The number of aromatic carboxylic acids is 2. The molecule has 0 spiro atoms. The van der Waals surface area contributed by atoms with E-state index in [9.17, 15) is 19.8 Å². The zero-order valence-corrected chi connectivity index (χ0v) is 23.7. The first-order valence-corrected chi connectivity index (χ1v) is 13.7. The van der Waals surface area contributed by atoms with E-state index in [-0.39, 0.29) is 11.1 Å². The molecule has 6 aromatic rings. The van der Waals surface area contributed by atoms with Gasteiger partial charge >= 0.3 is 0 Å². The Morgan fingerprint density at radius 1 is 0.476 bits per heavy atom. The Morgan fingerprint density at radius 3 is 1.12 bits per heavy atom. The number of fused-ring (bicyclic) bond motifs is 3. The van der Waals surface area contributed by atoms with E-state index in [0.717, 1.165) is 0 Å². The lowest BCUT2D eigenvalue weighted by Gasteiger charge is -2.07. The summed E-state index contributed by atoms with van der Waals surface area (Å²) in [6.07, 6.45) is 0. The first-order valence-electron chi connectivity index (χ1n) is 13.7. The molecule has 0 aromatic heterocycles. The second kappa shape index (κ2) is 13.5. The first-order chi connectivity index (χ1) is 20.1. The van der Waals surface area contributed by atoms with Gasteiger partial charge in [0.15, 0.2) is 0 Å². The summed E-state index contributed by atoms with van der Waals surface area (Å²) in [5.41, 5.74) is 10.8. The van der Waals surface area contributed by atoms with Crippen LogP contribution in [0.15, 0.2) is 121 Å². The molecule has 6 rings (SSSR count). The minimum absolute atomic E-state index is 0.0636. The fourth-order valence-corrected chi connectivity index (χ4v) is 4.53. The molecule has 0 unspecified atom stereocenters. The smallest absolute Gasteiger partial charge is 0.107 e. The van der Waals surface area contributed by atoms with E-state index >= 15 is 0 Å². The average molecular weight is 559 g/mol. The van der Waals surface area contributed by atoms with Gasteiger partial charge in [-0.05, 0) is 81.6 Å². The fraction of sp³-hybridized carbons (Fsp3) is 0.111. The van der Waals surface area contributed by atoms with Gasteiger partial charge in [-0.1, -0.05) is 97.1 Å². The number of carboxylic acid groups (broad SMARTS) is 2. The van der Waals surface area contributed by atoms with Gasteiger partial charge in [0, 0.05) is 11.1 Å². The van der Waals surface area contributed by atoms with Gasteiger partial charge in [-0.15, -0.1) is 0 Å². The van der Waals surface area contributed by atoms with Crippen molar-refractivity contribution in [3.63, 3.8) is 0 Å². The van der Waals surface area contributed by atoms with Crippen LogP contribution in [0.3, 0.4) is 0 Å². The van der Waals surface area contributed by atoms with Crippen LogP contribution in [0.2, 0.25) is 0 Å². The molecule has 0 fully saturated rings. The van der Waals surface area contributed by atoms with Crippen LogP contribution in [-0.2, 0) is 0 Å². The van der Waals surface area contributed by atoms with Crippen LogP contribution in [0.1, 0.15) is 57.8 Å². The maximum atomic E-state index is 10.6. The summed E-state index contributed by atoms with van der Waals surface area (Å²) < 4.78 is 0. The number of rotatable bonds is 4. The zero-order valence-electron chi connectivity index (χ0n) is 23.7. The Kier molecular flexibility index (Phi) is 9.65. The highest BCUT2D eigenvalue weighted by atomic mass is 16.4. The number of carboxylic acids is 2. The van der Waals surface area contributed by atoms with Gasteiger partial charge in [0.2, 0.25) is 0 Å². The van der Waals surface area contributed by atoms with Crippen molar-refractivity contribution < 1.29 is 31.3 Å². The largest absolute Gasteiger partial charge is 0.545 e. The number of carbonyl (C=O) groups is 2. The van der Waals surface area contributed by atoms with E-state index in [0.29, 0.717) is 22.9 Å². The van der Waals surface area contributed by atoms with Gasteiger partial charge in [-0.2, -0.15) is 0 Å².